The van der Waals surface area contributed by atoms with E-state index in [0.29, 0.717) is 23.3 Å². The maximum Gasteiger partial charge on any atom is 0.304 e. The van der Waals surface area contributed by atoms with E-state index in [-0.39, 0.29) is 6.04 Å². The minimum Gasteiger partial charge on any atom is -0.481 e. The van der Waals surface area contributed by atoms with Crippen LogP contribution in [-0.4, -0.2) is 34.6 Å². The van der Waals surface area contributed by atoms with Gasteiger partial charge in [-0.2, -0.15) is 0 Å². The second-order valence-corrected chi connectivity index (χ2v) is 8.55. The van der Waals surface area contributed by atoms with Crippen LogP contribution in [0.5, 0.6) is 0 Å². The molecular weight excluding hydrogens is 250 g/mol. The third kappa shape index (κ3) is 3.97. The predicted molar refractivity (Wildman–Crippen MR) is 81.8 cm³/mol. The van der Waals surface area contributed by atoms with Gasteiger partial charge in [0.2, 0.25) is 0 Å². The van der Waals surface area contributed by atoms with Gasteiger partial charge < -0.3 is 5.11 Å². The molecule has 1 saturated heterocycles. The summed E-state index contributed by atoms with van der Waals surface area (Å²) in [5.74, 6) is -0.642. The van der Waals surface area contributed by atoms with Gasteiger partial charge in [0.05, 0.1) is 6.42 Å². The summed E-state index contributed by atoms with van der Waals surface area (Å²) in [6.07, 6.45) is 7.50. The summed E-state index contributed by atoms with van der Waals surface area (Å²) < 4.78 is 0. The normalized spacial score (nSPS) is 31.1. The molecule has 116 valence electrons. The Hall–Kier alpha value is -0.570. The molecule has 0 bridgehead atoms. The van der Waals surface area contributed by atoms with Crippen molar-refractivity contribution >= 4 is 5.97 Å². The van der Waals surface area contributed by atoms with E-state index in [1.54, 1.807) is 0 Å². The van der Waals surface area contributed by atoms with Crippen LogP contribution < -0.4 is 0 Å². The van der Waals surface area contributed by atoms with Crippen LogP contribution in [-0.2, 0) is 4.79 Å². The van der Waals surface area contributed by atoms with E-state index in [1.807, 2.05) is 0 Å². The number of carboxylic acids is 1. The van der Waals surface area contributed by atoms with Crippen molar-refractivity contribution in [2.24, 2.45) is 10.8 Å². The highest BCUT2D eigenvalue weighted by Gasteiger charge is 2.42. The van der Waals surface area contributed by atoms with Crippen LogP contribution >= 0.6 is 0 Å². The van der Waals surface area contributed by atoms with E-state index in [2.05, 4.69) is 32.6 Å². The molecule has 3 nitrogen and oxygen atoms in total. The second kappa shape index (κ2) is 5.67. The van der Waals surface area contributed by atoms with Crippen molar-refractivity contribution in [2.45, 2.75) is 84.7 Å². The summed E-state index contributed by atoms with van der Waals surface area (Å²) in [5.41, 5.74) is 0.745. The molecular formula is C17H31NO2. The molecule has 1 aliphatic carbocycles. The smallest absolute Gasteiger partial charge is 0.304 e. The first-order valence-corrected chi connectivity index (χ1v) is 8.16. The number of nitrogens with zero attached hydrogens (tertiary/aromatic N) is 1. The molecule has 1 heterocycles. The number of piperidine rings is 1. The highest BCUT2D eigenvalue weighted by molar-refractivity contribution is 5.67. The summed E-state index contributed by atoms with van der Waals surface area (Å²) in [7, 11) is 0. The molecule has 1 aliphatic heterocycles. The fraction of sp³-hybridized carbons (Fsp3) is 0.941. The zero-order valence-electron chi connectivity index (χ0n) is 13.6. The average Bonchev–Trinajstić information content (AvgIpc) is 2.24. The molecule has 2 aliphatic rings. The number of hydrogen-bond donors (Lipinski definition) is 1. The SMILES string of the molecule is CC1(C)CC(N2CCCCC2CC(=O)O)CC(C)(C)C1. The molecule has 0 amide bonds. The molecule has 3 heteroatoms. The van der Waals surface area contributed by atoms with Gasteiger partial charge in [0.15, 0.2) is 0 Å². The fourth-order valence-electron chi connectivity index (χ4n) is 4.95. The first-order valence-electron chi connectivity index (χ1n) is 8.16. The van der Waals surface area contributed by atoms with Crippen LogP contribution in [0.15, 0.2) is 0 Å². The minimum atomic E-state index is -0.642. The molecule has 20 heavy (non-hydrogen) atoms. The molecule has 1 saturated carbocycles. The fourth-order valence-corrected chi connectivity index (χ4v) is 4.95. The zero-order chi connectivity index (χ0) is 15.0. The van der Waals surface area contributed by atoms with Gasteiger partial charge in [-0.3, -0.25) is 9.69 Å². The van der Waals surface area contributed by atoms with E-state index in [9.17, 15) is 4.79 Å². The summed E-state index contributed by atoms with van der Waals surface area (Å²) in [6.45, 7) is 10.6. The van der Waals surface area contributed by atoms with Gasteiger partial charge in [-0.05, 0) is 49.5 Å². The molecule has 0 spiro atoms. The van der Waals surface area contributed by atoms with Crippen molar-refractivity contribution in [3.63, 3.8) is 0 Å². The number of carbonyl (C=O) groups is 1. The lowest BCUT2D eigenvalue weighted by molar-refractivity contribution is -0.139. The van der Waals surface area contributed by atoms with Gasteiger partial charge in [0, 0.05) is 12.1 Å². The Morgan fingerprint density at radius 2 is 1.75 bits per heavy atom. The Labute approximate surface area is 123 Å². The summed E-state index contributed by atoms with van der Waals surface area (Å²) in [6, 6.07) is 0.828. The van der Waals surface area contributed by atoms with Crippen LogP contribution in [0.1, 0.15) is 72.6 Å². The van der Waals surface area contributed by atoms with Crippen LogP contribution in [0.25, 0.3) is 0 Å². The molecule has 1 N–H and O–H groups in total. The van der Waals surface area contributed by atoms with Gasteiger partial charge in [-0.15, -0.1) is 0 Å². The van der Waals surface area contributed by atoms with E-state index in [1.165, 1.54) is 32.1 Å². The Kier molecular flexibility index (Phi) is 4.48. The minimum absolute atomic E-state index is 0.260. The molecule has 1 unspecified atom stereocenters. The topological polar surface area (TPSA) is 40.5 Å². The lowest BCUT2D eigenvalue weighted by Crippen LogP contribution is -2.52. The molecule has 1 atom stereocenters. The van der Waals surface area contributed by atoms with Crippen LogP contribution in [0.3, 0.4) is 0 Å². The Morgan fingerprint density at radius 1 is 1.15 bits per heavy atom. The number of aliphatic carboxylic acids is 1. The van der Waals surface area contributed by atoms with E-state index < -0.39 is 5.97 Å². The third-order valence-corrected chi connectivity index (χ3v) is 5.09. The van der Waals surface area contributed by atoms with Gasteiger partial charge in [-0.25, -0.2) is 0 Å². The zero-order valence-corrected chi connectivity index (χ0v) is 13.6. The summed E-state index contributed by atoms with van der Waals surface area (Å²) >= 11 is 0. The number of likely N-dealkylation sites (tertiary alicyclic amines) is 1. The monoisotopic (exact) mass is 281 g/mol. The molecule has 2 fully saturated rings. The second-order valence-electron chi connectivity index (χ2n) is 8.55. The first kappa shape index (κ1) is 15.8. The quantitative estimate of drug-likeness (QED) is 0.852. The Morgan fingerprint density at radius 3 is 2.30 bits per heavy atom. The predicted octanol–water partition coefficient (Wildman–Crippen LogP) is 3.92. The molecule has 0 aromatic carbocycles. The van der Waals surface area contributed by atoms with Crippen LogP contribution in [0.2, 0.25) is 0 Å². The Bertz CT molecular complexity index is 346. The number of rotatable bonds is 3. The van der Waals surface area contributed by atoms with Gasteiger partial charge in [0.1, 0.15) is 0 Å². The van der Waals surface area contributed by atoms with Gasteiger partial charge in [-0.1, -0.05) is 34.1 Å². The lowest BCUT2D eigenvalue weighted by atomic mass is 9.63. The molecule has 0 radical (unpaired) electrons. The van der Waals surface area contributed by atoms with Crippen molar-refractivity contribution in [2.75, 3.05) is 6.54 Å². The van der Waals surface area contributed by atoms with Crippen molar-refractivity contribution in [1.29, 1.82) is 0 Å². The van der Waals surface area contributed by atoms with Gasteiger partial charge in [0.25, 0.3) is 0 Å². The molecule has 0 aromatic heterocycles. The largest absolute Gasteiger partial charge is 0.481 e. The standard InChI is InChI=1S/C17H31NO2/c1-16(2)10-14(11-17(3,4)12-16)18-8-6-5-7-13(18)9-15(19)20/h13-14H,5-12H2,1-4H3,(H,19,20). The molecule has 0 aromatic rings. The van der Waals surface area contributed by atoms with Gasteiger partial charge >= 0.3 is 5.97 Å². The van der Waals surface area contributed by atoms with E-state index >= 15 is 0 Å². The summed E-state index contributed by atoms with van der Waals surface area (Å²) in [5, 5.41) is 9.16. The number of hydrogen-bond acceptors (Lipinski definition) is 2. The van der Waals surface area contributed by atoms with E-state index in [0.717, 1.165) is 13.0 Å². The van der Waals surface area contributed by atoms with Crippen molar-refractivity contribution in [1.82, 2.24) is 4.90 Å². The van der Waals surface area contributed by atoms with Crippen molar-refractivity contribution in [3.05, 3.63) is 0 Å². The highest BCUT2D eigenvalue weighted by atomic mass is 16.4. The highest BCUT2D eigenvalue weighted by Crippen LogP contribution is 2.48. The lowest BCUT2D eigenvalue weighted by Gasteiger charge is -2.51. The third-order valence-electron chi connectivity index (χ3n) is 5.09. The van der Waals surface area contributed by atoms with Crippen molar-refractivity contribution < 1.29 is 9.90 Å². The first-order chi connectivity index (χ1) is 9.19. The molecule has 2 rings (SSSR count). The van der Waals surface area contributed by atoms with E-state index in [4.69, 9.17) is 5.11 Å². The summed E-state index contributed by atoms with van der Waals surface area (Å²) in [4.78, 5) is 13.7. The Balaban J connectivity index is 2.12. The average molecular weight is 281 g/mol. The maximum absolute atomic E-state index is 11.1. The van der Waals surface area contributed by atoms with Crippen molar-refractivity contribution in [3.8, 4) is 0 Å². The van der Waals surface area contributed by atoms with Crippen LogP contribution in [0.4, 0.5) is 0 Å². The maximum atomic E-state index is 11.1. The number of carboxylic acid groups (broad SMARTS) is 1. The van der Waals surface area contributed by atoms with Crippen LogP contribution in [0, 0.1) is 10.8 Å².